The fourth-order valence-corrected chi connectivity index (χ4v) is 4.72. The van der Waals surface area contributed by atoms with E-state index >= 15 is 0 Å². The van der Waals surface area contributed by atoms with Crippen molar-refractivity contribution in [3.8, 4) is 0 Å². The predicted octanol–water partition coefficient (Wildman–Crippen LogP) is 6.48. The van der Waals surface area contributed by atoms with Crippen LogP contribution >= 0.6 is 11.6 Å². The molecule has 0 radical (unpaired) electrons. The molecule has 2 heteroatoms. The lowest BCUT2D eigenvalue weighted by Gasteiger charge is -2.28. The van der Waals surface area contributed by atoms with Gasteiger partial charge in [-0.15, -0.1) is 0 Å². The zero-order valence-electron chi connectivity index (χ0n) is 13.6. The van der Waals surface area contributed by atoms with Crippen molar-refractivity contribution >= 4 is 16.8 Å². The lowest BCUT2D eigenvalue weighted by Crippen LogP contribution is -2.20. The molecule has 0 amide bonds. The zero-order valence-corrected chi connectivity index (χ0v) is 14.4. The molecule has 0 saturated heterocycles. The first kappa shape index (κ1) is 17.3. The van der Waals surface area contributed by atoms with Crippen LogP contribution in [0.25, 0.3) is 0 Å². The summed E-state index contributed by atoms with van der Waals surface area (Å²) in [5, 5.41) is -0.0708. The SMILES string of the molecule is O=C(Cl)C1CCCCC(C2CCCCCCCCCC2)C1. The van der Waals surface area contributed by atoms with E-state index in [-0.39, 0.29) is 11.2 Å². The lowest BCUT2D eigenvalue weighted by molar-refractivity contribution is -0.115. The summed E-state index contributed by atoms with van der Waals surface area (Å²) >= 11 is 5.82. The predicted molar refractivity (Wildman–Crippen MR) is 90.6 cm³/mol. The van der Waals surface area contributed by atoms with Gasteiger partial charge in [0.2, 0.25) is 5.24 Å². The highest BCUT2D eigenvalue weighted by Crippen LogP contribution is 2.38. The minimum atomic E-state index is -0.0708. The van der Waals surface area contributed by atoms with Crippen molar-refractivity contribution in [3.63, 3.8) is 0 Å². The van der Waals surface area contributed by atoms with Gasteiger partial charge in [0.15, 0.2) is 0 Å². The third kappa shape index (κ3) is 6.30. The lowest BCUT2D eigenvalue weighted by atomic mass is 9.78. The molecule has 0 aromatic carbocycles. The maximum Gasteiger partial charge on any atom is 0.224 e. The average Bonchev–Trinajstić information content (AvgIpc) is 2.75. The van der Waals surface area contributed by atoms with E-state index in [1.54, 1.807) is 0 Å². The van der Waals surface area contributed by atoms with Crippen molar-refractivity contribution in [2.24, 2.45) is 17.8 Å². The van der Waals surface area contributed by atoms with Crippen LogP contribution in [-0.2, 0) is 4.79 Å². The summed E-state index contributed by atoms with van der Waals surface area (Å²) in [4.78, 5) is 11.6. The van der Waals surface area contributed by atoms with E-state index in [0.717, 1.165) is 24.7 Å². The molecule has 1 nitrogen and oxygen atoms in total. The number of hydrogen-bond acceptors (Lipinski definition) is 1. The summed E-state index contributed by atoms with van der Waals surface area (Å²) < 4.78 is 0. The minimum Gasteiger partial charge on any atom is -0.281 e. The van der Waals surface area contributed by atoms with Gasteiger partial charge in [-0.3, -0.25) is 4.79 Å². The third-order valence-corrected chi connectivity index (χ3v) is 6.16. The Balaban J connectivity index is 1.91. The number of halogens is 1. The summed E-state index contributed by atoms with van der Waals surface area (Å²) in [5.41, 5.74) is 0. The number of carbonyl (C=O) groups is 1. The van der Waals surface area contributed by atoms with Crippen molar-refractivity contribution in [2.75, 3.05) is 0 Å². The summed E-state index contributed by atoms with van der Waals surface area (Å²) in [6, 6.07) is 0. The van der Waals surface area contributed by atoms with Crippen molar-refractivity contribution in [3.05, 3.63) is 0 Å². The Kier molecular flexibility index (Phi) is 8.14. The Morgan fingerprint density at radius 2 is 1.05 bits per heavy atom. The van der Waals surface area contributed by atoms with Gasteiger partial charge in [-0.2, -0.15) is 0 Å². The molecule has 2 fully saturated rings. The molecule has 2 atom stereocenters. The minimum absolute atomic E-state index is 0.0708. The largest absolute Gasteiger partial charge is 0.281 e. The maximum absolute atomic E-state index is 11.6. The third-order valence-electron chi connectivity index (χ3n) is 5.85. The molecule has 2 aliphatic rings. The van der Waals surface area contributed by atoms with Crippen LogP contribution < -0.4 is 0 Å². The Hall–Kier alpha value is -0.0400. The number of hydrogen-bond donors (Lipinski definition) is 0. The van der Waals surface area contributed by atoms with Gasteiger partial charge in [-0.05, 0) is 36.3 Å². The van der Waals surface area contributed by atoms with Crippen LogP contribution in [0.5, 0.6) is 0 Å². The summed E-state index contributed by atoms with van der Waals surface area (Å²) in [7, 11) is 0. The second-order valence-corrected chi connectivity index (χ2v) is 7.82. The quantitative estimate of drug-likeness (QED) is 0.421. The van der Waals surface area contributed by atoms with E-state index < -0.39 is 0 Å². The molecular weight excluding hydrogens is 280 g/mol. The fraction of sp³-hybridized carbons (Fsp3) is 0.947. The monoisotopic (exact) mass is 312 g/mol. The summed E-state index contributed by atoms with van der Waals surface area (Å²) in [6.45, 7) is 0. The molecule has 2 rings (SSSR count). The number of carbonyl (C=O) groups excluding carboxylic acids is 1. The van der Waals surface area contributed by atoms with Crippen molar-refractivity contribution in [2.45, 2.75) is 96.3 Å². The van der Waals surface area contributed by atoms with E-state index in [2.05, 4.69) is 0 Å². The van der Waals surface area contributed by atoms with Gasteiger partial charge in [0.1, 0.15) is 0 Å². The van der Waals surface area contributed by atoms with Gasteiger partial charge in [-0.1, -0.05) is 83.5 Å². The highest BCUT2D eigenvalue weighted by atomic mass is 35.5. The van der Waals surface area contributed by atoms with Crippen LogP contribution in [0.4, 0.5) is 0 Å². The van der Waals surface area contributed by atoms with Crippen molar-refractivity contribution < 1.29 is 4.79 Å². The van der Waals surface area contributed by atoms with E-state index in [1.807, 2.05) is 0 Å². The molecule has 0 aromatic rings. The van der Waals surface area contributed by atoms with E-state index in [9.17, 15) is 4.79 Å². The van der Waals surface area contributed by atoms with Crippen LogP contribution in [-0.4, -0.2) is 5.24 Å². The van der Waals surface area contributed by atoms with Gasteiger partial charge >= 0.3 is 0 Å². The molecule has 0 aromatic heterocycles. The topological polar surface area (TPSA) is 17.1 Å². The van der Waals surface area contributed by atoms with Gasteiger partial charge in [0, 0.05) is 5.92 Å². The molecule has 2 unspecified atom stereocenters. The van der Waals surface area contributed by atoms with Crippen molar-refractivity contribution in [1.82, 2.24) is 0 Å². The van der Waals surface area contributed by atoms with Gasteiger partial charge in [0.05, 0.1) is 0 Å². The van der Waals surface area contributed by atoms with Crippen LogP contribution in [0, 0.1) is 17.8 Å². The Morgan fingerprint density at radius 1 is 0.619 bits per heavy atom. The standard InChI is InChI=1S/C19H33ClO/c20-19(21)18-14-10-9-13-17(15-18)16-11-7-5-3-1-2-4-6-8-12-16/h16-18H,1-15H2. The van der Waals surface area contributed by atoms with Gasteiger partial charge < -0.3 is 0 Å². The van der Waals surface area contributed by atoms with Crippen LogP contribution in [0.2, 0.25) is 0 Å². The average molecular weight is 313 g/mol. The maximum atomic E-state index is 11.6. The summed E-state index contributed by atoms with van der Waals surface area (Å²) in [5.74, 6) is 1.78. The molecule has 0 bridgehead atoms. The molecule has 122 valence electrons. The molecule has 2 aliphatic carbocycles. The Labute approximate surface area is 136 Å². The van der Waals surface area contributed by atoms with Crippen LogP contribution in [0.1, 0.15) is 96.3 Å². The van der Waals surface area contributed by atoms with Crippen LogP contribution in [0.3, 0.4) is 0 Å². The van der Waals surface area contributed by atoms with Gasteiger partial charge in [-0.25, -0.2) is 0 Å². The zero-order chi connectivity index (χ0) is 14.9. The molecular formula is C19H33ClO. The molecule has 0 spiro atoms. The second kappa shape index (κ2) is 9.87. The Morgan fingerprint density at radius 3 is 1.62 bits per heavy atom. The molecule has 2 saturated carbocycles. The molecule has 21 heavy (non-hydrogen) atoms. The van der Waals surface area contributed by atoms with E-state index in [4.69, 9.17) is 11.6 Å². The van der Waals surface area contributed by atoms with Crippen LogP contribution in [0.15, 0.2) is 0 Å². The van der Waals surface area contributed by atoms with Crippen molar-refractivity contribution in [1.29, 1.82) is 0 Å². The Bertz CT molecular complexity index is 290. The fourth-order valence-electron chi connectivity index (χ4n) is 4.52. The normalized spacial score (nSPS) is 31.1. The molecule has 0 heterocycles. The highest BCUT2D eigenvalue weighted by molar-refractivity contribution is 6.63. The first-order chi connectivity index (χ1) is 10.3. The first-order valence-corrected chi connectivity index (χ1v) is 9.84. The molecule has 0 aliphatic heterocycles. The first-order valence-electron chi connectivity index (χ1n) is 9.46. The summed E-state index contributed by atoms with van der Waals surface area (Å²) in [6.07, 6.45) is 20.1. The van der Waals surface area contributed by atoms with E-state index in [0.29, 0.717) is 0 Å². The van der Waals surface area contributed by atoms with Gasteiger partial charge in [0.25, 0.3) is 0 Å². The number of rotatable bonds is 2. The molecule has 0 N–H and O–H groups in total. The smallest absolute Gasteiger partial charge is 0.224 e. The highest BCUT2D eigenvalue weighted by Gasteiger charge is 2.29. The van der Waals surface area contributed by atoms with E-state index in [1.165, 1.54) is 83.5 Å². The second-order valence-electron chi connectivity index (χ2n) is 7.45.